The van der Waals surface area contributed by atoms with Crippen molar-refractivity contribution in [2.75, 3.05) is 10.6 Å². The van der Waals surface area contributed by atoms with Gasteiger partial charge >= 0.3 is 0 Å². The summed E-state index contributed by atoms with van der Waals surface area (Å²) in [5.41, 5.74) is 0.641. The molecule has 0 saturated heterocycles. The zero-order chi connectivity index (χ0) is 24.4. The lowest BCUT2D eigenvalue weighted by Crippen LogP contribution is -2.16. The molecule has 2 N–H and O–H groups in total. The number of aromatic nitrogens is 2. The highest BCUT2D eigenvalue weighted by molar-refractivity contribution is 7.92. The van der Waals surface area contributed by atoms with Crippen LogP contribution in [0.1, 0.15) is 27.7 Å². The van der Waals surface area contributed by atoms with Gasteiger partial charge in [-0.15, -0.1) is 0 Å². The first-order valence-corrected chi connectivity index (χ1v) is 13.6. The number of nitrogens with one attached hydrogen (secondary N) is 2. The molecule has 8 nitrogen and oxygen atoms in total. The summed E-state index contributed by atoms with van der Waals surface area (Å²) in [6, 6.07) is 12.9. The fourth-order valence-corrected chi connectivity index (χ4v) is 5.45. The van der Waals surface area contributed by atoms with Crippen molar-refractivity contribution in [3.05, 3.63) is 59.8 Å². The van der Waals surface area contributed by atoms with Gasteiger partial charge in [-0.1, -0.05) is 35.9 Å². The van der Waals surface area contributed by atoms with Gasteiger partial charge in [0.2, 0.25) is 5.95 Å². The third kappa shape index (κ3) is 5.29. The van der Waals surface area contributed by atoms with E-state index in [4.69, 9.17) is 11.6 Å². The molecule has 0 atom stereocenters. The summed E-state index contributed by atoms with van der Waals surface area (Å²) in [6.45, 7) is 6.42. The van der Waals surface area contributed by atoms with Crippen molar-refractivity contribution < 1.29 is 16.8 Å². The Morgan fingerprint density at radius 2 is 1.21 bits per heavy atom. The van der Waals surface area contributed by atoms with Gasteiger partial charge in [-0.3, -0.25) is 0 Å². The van der Waals surface area contributed by atoms with Crippen molar-refractivity contribution in [3.8, 4) is 0 Å². The maximum atomic E-state index is 12.7. The van der Waals surface area contributed by atoms with E-state index in [1.807, 2.05) is 0 Å². The summed E-state index contributed by atoms with van der Waals surface area (Å²) >= 11 is 6.26. The van der Waals surface area contributed by atoms with Gasteiger partial charge in [0.1, 0.15) is 5.02 Å². The minimum atomic E-state index is -3.56. The van der Waals surface area contributed by atoms with Gasteiger partial charge in [-0.05, 0) is 52.0 Å². The lowest BCUT2D eigenvalue weighted by Gasteiger charge is -2.16. The molecule has 0 unspecified atom stereocenters. The third-order valence-electron chi connectivity index (χ3n) is 4.87. The van der Waals surface area contributed by atoms with Gasteiger partial charge < -0.3 is 10.6 Å². The van der Waals surface area contributed by atoms with Crippen LogP contribution >= 0.6 is 11.6 Å². The second-order valence-electron chi connectivity index (χ2n) is 7.82. The predicted octanol–water partition coefficient (Wildman–Crippen LogP) is 4.98. The van der Waals surface area contributed by atoms with Crippen LogP contribution in [0.3, 0.4) is 0 Å². The Balaban J connectivity index is 1.99. The van der Waals surface area contributed by atoms with Crippen LogP contribution in [-0.4, -0.2) is 37.3 Å². The minimum absolute atomic E-state index is 0.0949. The van der Waals surface area contributed by atoms with Gasteiger partial charge in [-0.2, -0.15) is 4.98 Å². The van der Waals surface area contributed by atoms with E-state index in [0.29, 0.717) is 11.4 Å². The van der Waals surface area contributed by atoms with Crippen LogP contribution in [-0.2, 0) is 19.7 Å². The maximum absolute atomic E-state index is 12.7. The number of para-hydroxylation sites is 2. The van der Waals surface area contributed by atoms with E-state index in [0.717, 1.165) is 0 Å². The normalized spacial score (nSPS) is 12.2. The molecular weight excluding hydrogens is 484 g/mol. The molecule has 0 radical (unpaired) electrons. The summed E-state index contributed by atoms with van der Waals surface area (Å²) in [5, 5.41) is 4.85. The number of hydrogen-bond donors (Lipinski definition) is 2. The quantitative estimate of drug-likeness (QED) is 0.437. The van der Waals surface area contributed by atoms with E-state index in [1.54, 1.807) is 64.1 Å². The molecule has 3 rings (SSSR count). The zero-order valence-electron chi connectivity index (χ0n) is 18.6. The molecule has 0 spiro atoms. The SMILES string of the molecule is CC(C)S(=O)(=O)c1ccccc1Nc1ncc(Cl)c(Nc2ccccc2S(=O)(=O)C(C)C)n1. The van der Waals surface area contributed by atoms with Crippen LogP contribution < -0.4 is 10.6 Å². The van der Waals surface area contributed by atoms with Crippen molar-refractivity contribution in [3.63, 3.8) is 0 Å². The van der Waals surface area contributed by atoms with Gasteiger partial charge in [0, 0.05) is 0 Å². The van der Waals surface area contributed by atoms with E-state index in [1.165, 1.54) is 18.3 Å². The molecule has 0 fully saturated rings. The van der Waals surface area contributed by atoms with Crippen LogP contribution in [0.4, 0.5) is 23.1 Å². The van der Waals surface area contributed by atoms with E-state index in [-0.39, 0.29) is 26.6 Å². The Bertz CT molecular complexity index is 1370. The van der Waals surface area contributed by atoms with Crippen LogP contribution in [0.15, 0.2) is 64.5 Å². The number of rotatable bonds is 8. The van der Waals surface area contributed by atoms with Gasteiger partial charge in [0.25, 0.3) is 0 Å². The lowest BCUT2D eigenvalue weighted by molar-refractivity contribution is 0.586. The first kappa shape index (κ1) is 24.9. The van der Waals surface area contributed by atoms with Crippen LogP contribution in [0.5, 0.6) is 0 Å². The van der Waals surface area contributed by atoms with Gasteiger partial charge in [0.15, 0.2) is 25.5 Å². The van der Waals surface area contributed by atoms with Crippen LogP contribution in [0.2, 0.25) is 5.02 Å². The largest absolute Gasteiger partial charge is 0.338 e. The topological polar surface area (TPSA) is 118 Å². The molecule has 2 aromatic carbocycles. The predicted molar refractivity (Wildman–Crippen MR) is 131 cm³/mol. The van der Waals surface area contributed by atoms with Gasteiger partial charge in [-0.25, -0.2) is 21.8 Å². The second-order valence-corrected chi connectivity index (χ2v) is 13.2. The number of benzene rings is 2. The third-order valence-corrected chi connectivity index (χ3v) is 9.57. The Morgan fingerprint density at radius 3 is 1.70 bits per heavy atom. The highest BCUT2D eigenvalue weighted by atomic mass is 35.5. The fraction of sp³-hybridized carbons (Fsp3) is 0.273. The first-order valence-electron chi connectivity index (χ1n) is 10.2. The molecule has 0 aliphatic heterocycles. The van der Waals surface area contributed by atoms with Crippen molar-refractivity contribution in [2.45, 2.75) is 48.0 Å². The molecule has 0 saturated carbocycles. The van der Waals surface area contributed by atoms with E-state index in [2.05, 4.69) is 20.6 Å². The van der Waals surface area contributed by atoms with Crippen molar-refractivity contribution in [1.82, 2.24) is 9.97 Å². The van der Waals surface area contributed by atoms with Crippen molar-refractivity contribution in [2.24, 2.45) is 0 Å². The van der Waals surface area contributed by atoms with Crippen molar-refractivity contribution >= 4 is 54.4 Å². The summed E-state index contributed by atoms with van der Waals surface area (Å²) in [6.07, 6.45) is 1.35. The molecule has 11 heteroatoms. The maximum Gasteiger partial charge on any atom is 0.229 e. The number of halogens is 1. The lowest BCUT2D eigenvalue weighted by atomic mass is 10.3. The number of sulfone groups is 2. The fourth-order valence-electron chi connectivity index (χ4n) is 2.91. The van der Waals surface area contributed by atoms with Crippen LogP contribution in [0, 0.1) is 0 Å². The molecule has 0 amide bonds. The van der Waals surface area contributed by atoms with E-state index < -0.39 is 30.2 Å². The molecule has 33 heavy (non-hydrogen) atoms. The highest BCUT2D eigenvalue weighted by Crippen LogP contribution is 2.31. The number of anilines is 4. The zero-order valence-corrected chi connectivity index (χ0v) is 21.0. The van der Waals surface area contributed by atoms with Gasteiger partial charge in [0.05, 0.1) is 37.9 Å². The molecule has 0 aliphatic carbocycles. The molecule has 1 aromatic heterocycles. The van der Waals surface area contributed by atoms with Crippen LogP contribution in [0.25, 0.3) is 0 Å². The minimum Gasteiger partial charge on any atom is -0.338 e. The standard InChI is InChI=1S/C22H25ClN4O4S2/c1-14(2)32(28,29)19-11-7-5-9-17(19)25-21-16(23)13-24-22(27-21)26-18-10-6-8-12-20(18)33(30,31)15(3)4/h5-15H,1-4H3,(H2,24,25,26,27). The summed E-state index contributed by atoms with van der Waals surface area (Å²) < 4.78 is 50.9. The Kier molecular flexibility index (Phi) is 7.30. The average molecular weight is 509 g/mol. The molecular formula is C22H25ClN4O4S2. The van der Waals surface area contributed by atoms with Crippen molar-refractivity contribution in [1.29, 1.82) is 0 Å². The van der Waals surface area contributed by atoms with E-state index >= 15 is 0 Å². The van der Waals surface area contributed by atoms with E-state index in [9.17, 15) is 16.8 Å². The Hall–Kier alpha value is -2.69. The Morgan fingerprint density at radius 1 is 0.758 bits per heavy atom. The second kappa shape index (κ2) is 9.66. The molecule has 0 bridgehead atoms. The average Bonchev–Trinajstić information content (AvgIpc) is 2.76. The Labute approximate surface area is 199 Å². The monoisotopic (exact) mass is 508 g/mol. The number of hydrogen-bond acceptors (Lipinski definition) is 8. The molecule has 1 heterocycles. The molecule has 3 aromatic rings. The summed E-state index contributed by atoms with van der Waals surface area (Å²) in [4.78, 5) is 8.73. The smallest absolute Gasteiger partial charge is 0.229 e. The highest BCUT2D eigenvalue weighted by Gasteiger charge is 2.24. The summed E-state index contributed by atoms with van der Waals surface area (Å²) in [7, 11) is -7.11. The summed E-state index contributed by atoms with van der Waals surface area (Å²) in [5.74, 6) is 0.266. The first-order chi connectivity index (χ1) is 15.4. The molecule has 0 aliphatic rings. The molecule has 176 valence electrons. The number of nitrogens with zero attached hydrogens (tertiary/aromatic N) is 2.